The van der Waals surface area contributed by atoms with Crippen LogP contribution >= 0.6 is 11.6 Å². The zero-order valence-electron chi connectivity index (χ0n) is 13.9. The smallest absolute Gasteiger partial charge is 0.251 e. The van der Waals surface area contributed by atoms with Gasteiger partial charge in [0.1, 0.15) is 6.04 Å². The first-order valence-corrected chi connectivity index (χ1v) is 8.02. The lowest BCUT2D eigenvalue weighted by molar-refractivity contribution is -0.133. The third kappa shape index (κ3) is 4.32. The molecule has 2 rings (SSSR count). The zero-order chi connectivity index (χ0) is 17.7. The molecule has 1 heterocycles. The lowest BCUT2D eigenvalue weighted by Gasteiger charge is -2.27. The van der Waals surface area contributed by atoms with E-state index in [4.69, 9.17) is 11.6 Å². The number of hydrogen-bond acceptors (Lipinski definition) is 3. The number of aromatic nitrogens is 1. The van der Waals surface area contributed by atoms with Crippen molar-refractivity contribution in [1.82, 2.24) is 15.2 Å². The minimum absolute atomic E-state index is 0.185. The minimum Gasteiger partial charge on any atom is -0.341 e. The topological polar surface area (TPSA) is 62.3 Å². The van der Waals surface area contributed by atoms with Crippen LogP contribution in [0.3, 0.4) is 0 Å². The van der Waals surface area contributed by atoms with Crippen molar-refractivity contribution in [2.75, 3.05) is 7.05 Å². The Morgan fingerprint density at radius 1 is 1.12 bits per heavy atom. The fourth-order valence-corrected chi connectivity index (χ4v) is 2.39. The summed E-state index contributed by atoms with van der Waals surface area (Å²) >= 11 is 5.81. The maximum Gasteiger partial charge on any atom is 0.251 e. The highest BCUT2D eigenvalue weighted by molar-refractivity contribution is 6.30. The summed E-state index contributed by atoms with van der Waals surface area (Å²) in [6, 6.07) is 11.3. The van der Waals surface area contributed by atoms with Crippen LogP contribution in [0.4, 0.5) is 0 Å². The number of benzene rings is 1. The van der Waals surface area contributed by atoms with E-state index in [1.807, 2.05) is 25.1 Å². The predicted molar refractivity (Wildman–Crippen MR) is 93.8 cm³/mol. The van der Waals surface area contributed by atoms with Gasteiger partial charge in [0.05, 0.1) is 11.7 Å². The van der Waals surface area contributed by atoms with E-state index in [9.17, 15) is 9.59 Å². The van der Waals surface area contributed by atoms with Crippen LogP contribution in [0.5, 0.6) is 0 Å². The van der Waals surface area contributed by atoms with E-state index < -0.39 is 6.04 Å². The molecule has 24 heavy (non-hydrogen) atoms. The predicted octanol–water partition coefficient (Wildman–Crippen LogP) is 3.07. The monoisotopic (exact) mass is 345 g/mol. The van der Waals surface area contributed by atoms with E-state index in [-0.39, 0.29) is 17.9 Å². The Kier molecular flexibility index (Phi) is 5.93. The van der Waals surface area contributed by atoms with Crippen LogP contribution in [-0.4, -0.2) is 34.8 Å². The van der Waals surface area contributed by atoms with Gasteiger partial charge < -0.3 is 10.2 Å². The Bertz CT molecular complexity index is 704. The van der Waals surface area contributed by atoms with E-state index in [1.165, 1.54) is 0 Å². The molecule has 0 fully saturated rings. The van der Waals surface area contributed by atoms with Crippen molar-refractivity contribution in [2.24, 2.45) is 0 Å². The number of carbonyl (C=O) groups excluding carboxylic acids is 2. The normalized spacial score (nSPS) is 13.0. The number of halogens is 1. The van der Waals surface area contributed by atoms with Crippen molar-refractivity contribution in [2.45, 2.75) is 25.9 Å². The summed E-state index contributed by atoms with van der Waals surface area (Å²) in [5.74, 6) is -0.498. The highest BCUT2D eigenvalue weighted by Crippen LogP contribution is 2.17. The van der Waals surface area contributed by atoms with Gasteiger partial charge in [-0.05, 0) is 50.2 Å². The van der Waals surface area contributed by atoms with Crippen LogP contribution in [0.25, 0.3) is 0 Å². The molecule has 5 nitrogen and oxygen atoms in total. The molecule has 0 aliphatic carbocycles. The number of amides is 2. The van der Waals surface area contributed by atoms with Gasteiger partial charge in [-0.25, -0.2) is 0 Å². The number of carbonyl (C=O) groups is 2. The average molecular weight is 346 g/mol. The molecule has 0 aliphatic heterocycles. The first-order valence-electron chi connectivity index (χ1n) is 7.64. The average Bonchev–Trinajstić information content (AvgIpc) is 2.61. The summed E-state index contributed by atoms with van der Waals surface area (Å²) in [6.45, 7) is 3.56. The van der Waals surface area contributed by atoms with E-state index in [0.29, 0.717) is 10.6 Å². The van der Waals surface area contributed by atoms with Crippen molar-refractivity contribution in [3.63, 3.8) is 0 Å². The summed E-state index contributed by atoms with van der Waals surface area (Å²) in [6.07, 6.45) is 1.69. The van der Waals surface area contributed by atoms with Crippen LogP contribution in [0, 0.1) is 0 Å². The number of nitrogens with zero attached hydrogens (tertiary/aromatic N) is 2. The molecule has 0 unspecified atom stereocenters. The fourth-order valence-electron chi connectivity index (χ4n) is 2.26. The third-order valence-electron chi connectivity index (χ3n) is 3.87. The Hall–Kier alpha value is -2.40. The molecule has 0 saturated carbocycles. The van der Waals surface area contributed by atoms with Crippen LogP contribution < -0.4 is 5.32 Å². The standard InChI is InChI=1S/C18H20ClN3O2/c1-12(21-17(23)14-7-9-15(19)10-8-14)18(24)22(3)13(2)16-6-4-5-11-20-16/h4-13H,1-3H3,(H,21,23)/t12-,13+/m1/s1. The van der Waals surface area contributed by atoms with Gasteiger partial charge in [0.15, 0.2) is 0 Å². The van der Waals surface area contributed by atoms with Crippen LogP contribution in [-0.2, 0) is 4.79 Å². The van der Waals surface area contributed by atoms with Crippen LogP contribution in [0.1, 0.15) is 35.9 Å². The van der Waals surface area contributed by atoms with Crippen molar-refractivity contribution in [3.05, 3.63) is 64.9 Å². The van der Waals surface area contributed by atoms with Crippen LogP contribution in [0.15, 0.2) is 48.7 Å². The van der Waals surface area contributed by atoms with E-state index in [1.54, 1.807) is 49.3 Å². The van der Waals surface area contributed by atoms with Gasteiger partial charge in [0.2, 0.25) is 5.91 Å². The summed E-state index contributed by atoms with van der Waals surface area (Å²) in [5, 5.41) is 3.26. The Morgan fingerprint density at radius 2 is 1.79 bits per heavy atom. The second-order valence-corrected chi connectivity index (χ2v) is 6.02. The Balaban J connectivity index is 2.00. The number of pyridine rings is 1. The third-order valence-corrected chi connectivity index (χ3v) is 4.12. The van der Waals surface area contributed by atoms with Gasteiger partial charge in [-0.3, -0.25) is 14.6 Å². The molecule has 6 heteroatoms. The lowest BCUT2D eigenvalue weighted by atomic mass is 10.1. The van der Waals surface area contributed by atoms with Crippen molar-refractivity contribution in [3.8, 4) is 0 Å². The highest BCUT2D eigenvalue weighted by Gasteiger charge is 2.24. The van der Waals surface area contributed by atoms with Gasteiger partial charge in [0.25, 0.3) is 5.91 Å². The molecule has 2 amide bonds. The van der Waals surface area contributed by atoms with Gasteiger partial charge in [-0.15, -0.1) is 0 Å². The van der Waals surface area contributed by atoms with Crippen LogP contribution in [0.2, 0.25) is 5.02 Å². The fraction of sp³-hybridized carbons (Fsp3) is 0.278. The van der Waals surface area contributed by atoms with E-state index in [0.717, 1.165) is 5.69 Å². The molecule has 1 aromatic carbocycles. The molecule has 2 atom stereocenters. The molecule has 126 valence electrons. The minimum atomic E-state index is -0.649. The summed E-state index contributed by atoms with van der Waals surface area (Å²) in [7, 11) is 1.70. The van der Waals surface area contributed by atoms with Gasteiger partial charge in [-0.2, -0.15) is 0 Å². The van der Waals surface area contributed by atoms with E-state index in [2.05, 4.69) is 10.3 Å². The van der Waals surface area contributed by atoms with E-state index >= 15 is 0 Å². The number of rotatable bonds is 5. The van der Waals surface area contributed by atoms with Crippen molar-refractivity contribution in [1.29, 1.82) is 0 Å². The van der Waals surface area contributed by atoms with Gasteiger partial charge in [0, 0.05) is 23.8 Å². The summed E-state index contributed by atoms with van der Waals surface area (Å²) in [5.41, 5.74) is 1.25. The lowest BCUT2D eigenvalue weighted by Crippen LogP contribution is -2.46. The Labute approximate surface area is 146 Å². The largest absolute Gasteiger partial charge is 0.341 e. The highest BCUT2D eigenvalue weighted by atomic mass is 35.5. The van der Waals surface area contributed by atoms with Gasteiger partial charge >= 0.3 is 0 Å². The SMILES string of the molecule is C[C@@H](NC(=O)c1ccc(Cl)cc1)C(=O)N(C)[C@@H](C)c1ccccn1. The number of likely N-dealkylation sites (N-methyl/N-ethyl adjacent to an activating group) is 1. The first-order chi connectivity index (χ1) is 11.4. The maximum absolute atomic E-state index is 12.5. The summed E-state index contributed by atoms with van der Waals surface area (Å²) < 4.78 is 0. The van der Waals surface area contributed by atoms with Gasteiger partial charge in [-0.1, -0.05) is 17.7 Å². The molecule has 0 spiro atoms. The molecular weight excluding hydrogens is 326 g/mol. The number of nitrogens with one attached hydrogen (secondary N) is 1. The molecule has 1 N–H and O–H groups in total. The first kappa shape index (κ1) is 17.9. The van der Waals surface area contributed by atoms with Crippen molar-refractivity contribution >= 4 is 23.4 Å². The number of hydrogen-bond donors (Lipinski definition) is 1. The molecule has 1 aromatic heterocycles. The second kappa shape index (κ2) is 7.93. The quantitative estimate of drug-likeness (QED) is 0.905. The molecule has 2 aromatic rings. The van der Waals surface area contributed by atoms with Crippen molar-refractivity contribution < 1.29 is 9.59 Å². The second-order valence-electron chi connectivity index (χ2n) is 5.58. The molecule has 0 bridgehead atoms. The maximum atomic E-state index is 12.5. The molecule has 0 aliphatic rings. The summed E-state index contributed by atoms with van der Waals surface area (Å²) in [4.78, 5) is 30.6. The molecular formula is C18H20ClN3O2. The Morgan fingerprint density at radius 3 is 2.38 bits per heavy atom. The molecule has 0 radical (unpaired) electrons. The zero-order valence-corrected chi connectivity index (χ0v) is 14.6. The molecule has 0 saturated heterocycles.